The van der Waals surface area contributed by atoms with Crippen LogP contribution >= 0.6 is 0 Å². The molecule has 2 N–H and O–H groups in total. The van der Waals surface area contributed by atoms with Gasteiger partial charge in [0.05, 0.1) is 24.2 Å². The Bertz CT molecular complexity index is 690. The molecule has 3 aliphatic rings. The van der Waals surface area contributed by atoms with Crippen LogP contribution in [0.25, 0.3) is 0 Å². The highest BCUT2D eigenvalue weighted by Crippen LogP contribution is 2.52. The number of carbonyl (C=O) groups excluding carboxylic acids is 2. The summed E-state index contributed by atoms with van der Waals surface area (Å²) >= 11 is 0. The molecule has 0 aromatic carbocycles. The number of esters is 2. The molecular formula is C19H22O6. The lowest BCUT2D eigenvalue weighted by Gasteiger charge is -2.27. The summed E-state index contributed by atoms with van der Waals surface area (Å²) in [6.45, 7) is 14.9. The fraction of sp³-hybridized carbons (Fsp3) is 0.474. The minimum atomic E-state index is -0.787. The number of carbonyl (C=O) groups is 2. The minimum Gasteiger partial charge on any atom is -0.458 e. The number of fused-ring (bicyclic) bond motifs is 3. The van der Waals surface area contributed by atoms with Gasteiger partial charge in [-0.15, -0.1) is 0 Å². The molecule has 6 unspecified atom stereocenters. The number of aliphatic hydroxyl groups is 2. The molecule has 134 valence electrons. The van der Waals surface area contributed by atoms with Crippen LogP contribution < -0.4 is 0 Å². The standard InChI is InChI=1S/C19H22O6/c1-8-5-13(21)16-11(4)19(23)25-17(16)15-10(3)14(6-12(8)15)24-18(22)9(2)7-20/h12-17,20-21H,1-7H2. The zero-order valence-electron chi connectivity index (χ0n) is 13.9. The fourth-order valence-electron chi connectivity index (χ4n) is 4.16. The van der Waals surface area contributed by atoms with Gasteiger partial charge >= 0.3 is 11.9 Å². The molecule has 3 fully saturated rings. The summed E-state index contributed by atoms with van der Waals surface area (Å²) in [5.74, 6) is -2.12. The number of rotatable bonds is 3. The Morgan fingerprint density at radius 2 is 1.96 bits per heavy atom. The van der Waals surface area contributed by atoms with Crippen LogP contribution in [0, 0.1) is 17.8 Å². The molecule has 6 atom stereocenters. The molecule has 0 bridgehead atoms. The van der Waals surface area contributed by atoms with Crippen LogP contribution in [0.3, 0.4) is 0 Å². The van der Waals surface area contributed by atoms with E-state index in [0.717, 1.165) is 5.57 Å². The Kier molecular flexibility index (Phi) is 4.43. The molecule has 0 amide bonds. The van der Waals surface area contributed by atoms with Gasteiger partial charge < -0.3 is 19.7 Å². The molecule has 2 aliphatic carbocycles. The molecule has 6 nitrogen and oxygen atoms in total. The number of hydrogen-bond acceptors (Lipinski definition) is 6. The van der Waals surface area contributed by atoms with Crippen molar-refractivity contribution in [2.24, 2.45) is 17.8 Å². The highest BCUT2D eigenvalue weighted by Gasteiger charge is 2.56. The molecule has 0 radical (unpaired) electrons. The van der Waals surface area contributed by atoms with E-state index >= 15 is 0 Å². The van der Waals surface area contributed by atoms with Gasteiger partial charge in [-0.05, 0) is 24.3 Å². The third-order valence-electron chi connectivity index (χ3n) is 5.50. The number of hydrogen-bond donors (Lipinski definition) is 2. The second kappa shape index (κ2) is 6.28. The van der Waals surface area contributed by atoms with E-state index in [0.29, 0.717) is 18.4 Å². The first-order valence-corrected chi connectivity index (χ1v) is 8.20. The summed E-state index contributed by atoms with van der Waals surface area (Å²) in [5, 5.41) is 19.5. The zero-order valence-corrected chi connectivity index (χ0v) is 13.9. The van der Waals surface area contributed by atoms with Gasteiger partial charge in [0.1, 0.15) is 12.2 Å². The molecular weight excluding hydrogens is 324 g/mol. The van der Waals surface area contributed by atoms with Crippen molar-refractivity contribution in [2.75, 3.05) is 6.61 Å². The van der Waals surface area contributed by atoms with Crippen molar-refractivity contribution < 1.29 is 29.3 Å². The van der Waals surface area contributed by atoms with E-state index in [1.54, 1.807) is 0 Å². The number of ether oxygens (including phenoxy) is 2. The van der Waals surface area contributed by atoms with Crippen molar-refractivity contribution in [1.29, 1.82) is 0 Å². The summed E-state index contributed by atoms with van der Waals surface area (Å²) < 4.78 is 10.9. The highest BCUT2D eigenvalue weighted by atomic mass is 16.6. The molecule has 0 spiro atoms. The molecule has 1 heterocycles. The molecule has 6 heteroatoms. The van der Waals surface area contributed by atoms with E-state index in [1.807, 2.05) is 0 Å². The van der Waals surface area contributed by atoms with Crippen molar-refractivity contribution in [3.05, 3.63) is 48.6 Å². The molecule has 1 aliphatic heterocycles. The van der Waals surface area contributed by atoms with Crippen LogP contribution in [0.2, 0.25) is 0 Å². The normalized spacial score (nSPS) is 37.2. The molecule has 25 heavy (non-hydrogen) atoms. The monoisotopic (exact) mass is 346 g/mol. The zero-order chi connectivity index (χ0) is 18.5. The van der Waals surface area contributed by atoms with Crippen LogP contribution in [0.15, 0.2) is 48.6 Å². The first-order chi connectivity index (χ1) is 11.8. The quantitative estimate of drug-likeness (QED) is 0.451. The largest absolute Gasteiger partial charge is 0.458 e. The Hall–Kier alpha value is -2.18. The summed E-state index contributed by atoms with van der Waals surface area (Å²) in [5.41, 5.74) is 1.66. The maximum absolute atomic E-state index is 12.0. The van der Waals surface area contributed by atoms with Gasteiger partial charge in [0.25, 0.3) is 0 Å². The second-order valence-corrected chi connectivity index (χ2v) is 6.95. The van der Waals surface area contributed by atoms with Crippen LogP contribution in [0.4, 0.5) is 0 Å². The minimum absolute atomic E-state index is 0.0345. The van der Waals surface area contributed by atoms with Crippen molar-refractivity contribution in [1.82, 2.24) is 0 Å². The predicted molar refractivity (Wildman–Crippen MR) is 89.1 cm³/mol. The smallest absolute Gasteiger partial charge is 0.336 e. The molecule has 3 rings (SSSR count). The van der Waals surface area contributed by atoms with Crippen LogP contribution in [0.5, 0.6) is 0 Å². The summed E-state index contributed by atoms with van der Waals surface area (Å²) in [4.78, 5) is 23.9. The third-order valence-corrected chi connectivity index (χ3v) is 5.50. The Morgan fingerprint density at radius 1 is 1.28 bits per heavy atom. The van der Waals surface area contributed by atoms with Gasteiger partial charge in [0.15, 0.2) is 0 Å². The Labute approximate surface area is 146 Å². The second-order valence-electron chi connectivity index (χ2n) is 6.95. The van der Waals surface area contributed by atoms with Gasteiger partial charge in [0, 0.05) is 11.5 Å². The van der Waals surface area contributed by atoms with Gasteiger partial charge in [-0.25, -0.2) is 9.59 Å². The van der Waals surface area contributed by atoms with E-state index in [2.05, 4.69) is 26.3 Å². The summed E-state index contributed by atoms with van der Waals surface area (Å²) in [6.07, 6.45) is -1.17. The summed E-state index contributed by atoms with van der Waals surface area (Å²) in [6, 6.07) is 0. The average Bonchev–Trinajstić information content (AvgIpc) is 3.00. The van der Waals surface area contributed by atoms with Crippen LogP contribution in [-0.4, -0.2) is 47.1 Å². The van der Waals surface area contributed by atoms with Crippen LogP contribution in [0.1, 0.15) is 12.8 Å². The van der Waals surface area contributed by atoms with E-state index in [9.17, 15) is 14.7 Å². The Balaban J connectivity index is 1.88. The van der Waals surface area contributed by atoms with Crippen molar-refractivity contribution in [3.63, 3.8) is 0 Å². The van der Waals surface area contributed by atoms with E-state index < -0.39 is 42.8 Å². The number of aliphatic hydroxyl groups excluding tert-OH is 2. The lowest BCUT2D eigenvalue weighted by Crippen LogP contribution is -2.34. The van der Waals surface area contributed by atoms with Crippen molar-refractivity contribution in [3.8, 4) is 0 Å². The summed E-state index contributed by atoms with van der Waals surface area (Å²) in [7, 11) is 0. The van der Waals surface area contributed by atoms with Gasteiger partial charge in [-0.2, -0.15) is 0 Å². The maximum Gasteiger partial charge on any atom is 0.336 e. The van der Waals surface area contributed by atoms with E-state index in [1.165, 1.54) is 0 Å². The molecule has 0 aromatic heterocycles. The van der Waals surface area contributed by atoms with Gasteiger partial charge in [0.2, 0.25) is 0 Å². The topological polar surface area (TPSA) is 93.1 Å². The lowest BCUT2D eigenvalue weighted by molar-refractivity contribution is -0.144. The highest BCUT2D eigenvalue weighted by molar-refractivity contribution is 5.91. The van der Waals surface area contributed by atoms with Gasteiger partial charge in [-0.1, -0.05) is 31.9 Å². The fourth-order valence-corrected chi connectivity index (χ4v) is 4.16. The SMILES string of the molecule is C=C(CO)C(=O)OC1CC2C(=C)CC(O)C3C(=C)C(=O)OC3C2C1=C. The molecule has 1 saturated heterocycles. The molecule has 0 aromatic rings. The van der Waals surface area contributed by atoms with Crippen LogP contribution in [-0.2, 0) is 19.1 Å². The van der Waals surface area contributed by atoms with Crippen molar-refractivity contribution in [2.45, 2.75) is 31.2 Å². The third kappa shape index (κ3) is 2.75. The lowest BCUT2D eigenvalue weighted by atomic mass is 9.81. The van der Waals surface area contributed by atoms with Gasteiger partial charge in [-0.3, -0.25) is 0 Å². The maximum atomic E-state index is 12.0. The predicted octanol–water partition coefficient (Wildman–Crippen LogP) is 1.06. The van der Waals surface area contributed by atoms with E-state index in [-0.39, 0.29) is 23.0 Å². The molecule has 2 saturated carbocycles. The average molecular weight is 346 g/mol. The first kappa shape index (κ1) is 17.6. The van der Waals surface area contributed by atoms with E-state index in [4.69, 9.17) is 14.6 Å². The Morgan fingerprint density at radius 3 is 2.60 bits per heavy atom. The first-order valence-electron chi connectivity index (χ1n) is 8.20. The van der Waals surface area contributed by atoms with Crippen molar-refractivity contribution >= 4 is 11.9 Å².